The molecule has 1 heterocycles. The Hall–Kier alpha value is -1.64. The molecule has 3 heteroatoms. The zero-order valence-corrected chi connectivity index (χ0v) is 11.8. The molecule has 0 saturated heterocycles. The van der Waals surface area contributed by atoms with Crippen molar-refractivity contribution < 1.29 is 9.59 Å². The first-order chi connectivity index (χ1) is 9.75. The molecule has 1 aromatic rings. The van der Waals surface area contributed by atoms with Crippen molar-refractivity contribution in [3.05, 3.63) is 35.4 Å². The lowest BCUT2D eigenvalue weighted by atomic mass is 10.0. The van der Waals surface area contributed by atoms with E-state index in [0.717, 1.165) is 49.7 Å². The minimum Gasteiger partial charge on any atom is -0.331 e. The Bertz CT molecular complexity index is 517. The molecular formula is C17H21NO2. The van der Waals surface area contributed by atoms with Gasteiger partial charge in [0.25, 0.3) is 5.91 Å². The number of fused-ring (bicyclic) bond motifs is 1. The van der Waals surface area contributed by atoms with Gasteiger partial charge < -0.3 is 4.90 Å². The van der Waals surface area contributed by atoms with Crippen molar-refractivity contribution in [3.63, 3.8) is 0 Å². The fourth-order valence-electron chi connectivity index (χ4n) is 3.40. The van der Waals surface area contributed by atoms with Gasteiger partial charge in [-0.15, -0.1) is 0 Å². The van der Waals surface area contributed by atoms with Crippen LogP contribution in [0, 0.1) is 5.92 Å². The molecule has 0 atom stereocenters. The number of carbonyl (C=O) groups excluding carboxylic acids is 2. The topological polar surface area (TPSA) is 37.4 Å². The third-order valence-corrected chi connectivity index (χ3v) is 4.57. The van der Waals surface area contributed by atoms with Crippen LogP contribution < -0.4 is 0 Å². The van der Waals surface area contributed by atoms with Gasteiger partial charge in [-0.3, -0.25) is 9.59 Å². The van der Waals surface area contributed by atoms with E-state index in [4.69, 9.17) is 0 Å². The van der Waals surface area contributed by atoms with Gasteiger partial charge in [-0.05, 0) is 37.3 Å². The van der Waals surface area contributed by atoms with Gasteiger partial charge in [0.05, 0.1) is 6.54 Å². The summed E-state index contributed by atoms with van der Waals surface area (Å²) < 4.78 is 0. The van der Waals surface area contributed by atoms with Crippen molar-refractivity contribution in [2.24, 2.45) is 5.92 Å². The molecule has 0 N–H and O–H groups in total. The lowest BCUT2D eigenvalue weighted by Gasteiger charge is -2.21. The van der Waals surface area contributed by atoms with E-state index >= 15 is 0 Å². The number of Topliss-reactive ketones (excluding diaryl/α,β-unsaturated/α-hetero) is 1. The SMILES string of the molecule is O=C(CN1CCCc2ccccc2C1=O)C1CCCC1. The maximum absolute atomic E-state index is 12.6. The Kier molecular flexibility index (Phi) is 3.86. The average molecular weight is 271 g/mol. The Morgan fingerprint density at radius 3 is 2.70 bits per heavy atom. The minimum absolute atomic E-state index is 0.0319. The van der Waals surface area contributed by atoms with Crippen molar-refractivity contribution in [1.82, 2.24) is 4.90 Å². The van der Waals surface area contributed by atoms with E-state index in [0.29, 0.717) is 13.1 Å². The van der Waals surface area contributed by atoms with E-state index in [-0.39, 0.29) is 17.6 Å². The van der Waals surface area contributed by atoms with E-state index in [9.17, 15) is 9.59 Å². The van der Waals surface area contributed by atoms with Gasteiger partial charge >= 0.3 is 0 Å². The molecule has 3 nitrogen and oxygen atoms in total. The summed E-state index contributed by atoms with van der Waals surface area (Å²) in [7, 11) is 0. The van der Waals surface area contributed by atoms with Crippen LogP contribution in [-0.4, -0.2) is 29.7 Å². The van der Waals surface area contributed by atoms with Crippen molar-refractivity contribution in [2.45, 2.75) is 38.5 Å². The average Bonchev–Trinajstić information content (AvgIpc) is 2.95. The third kappa shape index (κ3) is 2.62. The van der Waals surface area contributed by atoms with Crippen molar-refractivity contribution in [1.29, 1.82) is 0 Å². The van der Waals surface area contributed by atoms with Crippen LogP contribution in [0.1, 0.15) is 48.0 Å². The fraction of sp³-hybridized carbons (Fsp3) is 0.529. The molecule has 3 rings (SSSR count). The van der Waals surface area contributed by atoms with E-state index in [1.165, 1.54) is 0 Å². The normalized spacial score (nSPS) is 19.8. The molecule has 1 amide bonds. The predicted molar refractivity (Wildman–Crippen MR) is 77.6 cm³/mol. The van der Waals surface area contributed by atoms with Crippen LogP contribution in [0.4, 0.5) is 0 Å². The number of benzene rings is 1. The smallest absolute Gasteiger partial charge is 0.254 e. The largest absolute Gasteiger partial charge is 0.331 e. The van der Waals surface area contributed by atoms with Gasteiger partial charge in [-0.1, -0.05) is 31.0 Å². The minimum atomic E-state index is 0.0319. The second-order valence-corrected chi connectivity index (χ2v) is 5.94. The van der Waals surface area contributed by atoms with Gasteiger partial charge in [0.1, 0.15) is 0 Å². The molecule has 1 saturated carbocycles. The highest BCUT2D eigenvalue weighted by atomic mass is 16.2. The Labute approximate surface area is 120 Å². The molecule has 2 aliphatic rings. The van der Waals surface area contributed by atoms with Crippen LogP contribution in [0.5, 0.6) is 0 Å². The van der Waals surface area contributed by atoms with Crippen LogP contribution in [0.2, 0.25) is 0 Å². The second-order valence-electron chi connectivity index (χ2n) is 5.94. The van der Waals surface area contributed by atoms with E-state index in [2.05, 4.69) is 0 Å². The van der Waals surface area contributed by atoms with Gasteiger partial charge in [-0.25, -0.2) is 0 Å². The number of rotatable bonds is 3. The van der Waals surface area contributed by atoms with Gasteiger partial charge in [-0.2, -0.15) is 0 Å². The summed E-state index contributed by atoms with van der Waals surface area (Å²) in [5.74, 6) is 0.487. The van der Waals surface area contributed by atoms with Crippen LogP contribution in [-0.2, 0) is 11.2 Å². The van der Waals surface area contributed by atoms with Gasteiger partial charge in [0.15, 0.2) is 5.78 Å². The number of hydrogen-bond donors (Lipinski definition) is 0. The number of ketones is 1. The maximum Gasteiger partial charge on any atom is 0.254 e. The van der Waals surface area contributed by atoms with E-state index in [1.54, 1.807) is 4.90 Å². The molecule has 0 radical (unpaired) electrons. The second kappa shape index (κ2) is 5.78. The maximum atomic E-state index is 12.6. The number of aryl methyl sites for hydroxylation is 1. The first-order valence-corrected chi connectivity index (χ1v) is 7.65. The molecule has 1 aromatic carbocycles. The Morgan fingerprint density at radius 1 is 1.15 bits per heavy atom. The number of nitrogens with zero attached hydrogens (tertiary/aromatic N) is 1. The number of carbonyl (C=O) groups is 2. The lowest BCUT2D eigenvalue weighted by molar-refractivity contribution is -0.123. The van der Waals surface area contributed by atoms with Crippen molar-refractivity contribution in [3.8, 4) is 0 Å². The molecular weight excluding hydrogens is 250 g/mol. The molecule has 0 unspecified atom stereocenters. The Morgan fingerprint density at radius 2 is 1.90 bits per heavy atom. The monoisotopic (exact) mass is 271 g/mol. The van der Waals surface area contributed by atoms with E-state index in [1.807, 2.05) is 24.3 Å². The van der Waals surface area contributed by atoms with Crippen molar-refractivity contribution in [2.75, 3.05) is 13.1 Å². The third-order valence-electron chi connectivity index (χ3n) is 4.57. The molecule has 0 aromatic heterocycles. The molecule has 1 fully saturated rings. The molecule has 1 aliphatic carbocycles. The number of hydrogen-bond acceptors (Lipinski definition) is 2. The van der Waals surface area contributed by atoms with Crippen LogP contribution in [0.15, 0.2) is 24.3 Å². The standard InChI is InChI=1S/C17H21NO2/c19-16(14-7-1-2-8-14)12-18-11-5-9-13-6-3-4-10-15(13)17(18)20/h3-4,6,10,14H,1-2,5,7-9,11-12H2. The van der Waals surface area contributed by atoms with Crippen LogP contribution >= 0.6 is 0 Å². The molecule has 0 spiro atoms. The summed E-state index contributed by atoms with van der Waals surface area (Å²) in [5.41, 5.74) is 1.90. The highest BCUT2D eigenvalue weighted by Gasteiger charge is 2.28. The van der Waals surface area contributed by atoms with Crippen LogP contribution in [0.25, 0.3) is 0 Å². The summed E-state index contributed by atoms with van der Waals surface area (Å²) in [4.78, 5) is 26.6. The first kappa shape index (κ1) is 13.3. The fourth-order valence-corrected chi connectivity index (χ4v) is 3.40. The summed E-state index contributed by atoms with van der Waals surface area (Å²) in [6.07, 6.45) is 6.21. The summed E-state index contributed by atoms with van der Waals surface area (Å²) in [6.45, 7) is 1.00. The number of amides is 1. The van der Waals surface area contributed by atoms with Gasteiger partial charge in [0.2, 0.25) is 0 Å². The predicted octanol–water partition coefficient (Wildman–Crippen LogP) is 2.83. The quantitative estimate of drug-likeness (QED) is 0.847. The van der Waals surface area contributed by atoms with E-state index < -0.39 is 0 Å². The molecule has 106 valence electrons. The first-order valence-electron chi connectivity index (χ1n) is 7.65. The van der Waals surface area contributed by atoms with Crippen molar-refractivity contribution >= 4 is 11.7 Å². The Balaban J connectivity index is 1.74. The molecule has 20 heavy (non-hydrogen) atoms. The van der Waals surface area contributed by atoms with Crippen LogP contribution in [0.3, 0.4) is 0 Å². The summed E-state index contributed by atoms with van der Waals surface area (Å²) >= 11 is 0. The molecule has 0 bridgehead atoms. The zero-order valence-electron chi connectivity index (χ0n) is 11.8. The van der Waals surface area contributed by atoms with Gasteiger partial charge in [0, 0.05) is 18.0 Å². The highest BCUT2D eigenvalue weighted by Crippen LogP contribution is 2.26. The molecule has 1 aliphatic heterocycles. The lowest BCUT2D eigenvalue weighted by Crippen LogP contribution is -2.37. The summed E-state index contributed by atoms with van der Waals surface area (Å²) in [6, 6.07) is 7.79. The zero-order chi connectivity index (χ0) is 13.9. The highest BCUT2D eigenvalue weighted by molar-refractivity contribution is 5.98. The summed E-state index contributed by atoms with van der Waals surface area (Å²) in [5, 5.41) is 0.